The molecular formula is C15H22N6O. The van der Waals surface area contributed by atoms with Crippen LogP contribution < -0.4 is 5.32 Å². The second-order valence-corrected chi connectivity index (χ2v) is 6.11. The second-order valence-electron chi connectivity index (χ2n) is 6.11. The second kappa shape index (κ2) is 5.81. The molecule has 2 aliphatic rings. The lowest BCUT2D eigenvalue weighted by Crippen LogP contribution is -2.35. The Labute approximate surface area is 129 Å². The monoisotopic (exact) mass is 302 g/mol. The number of hydrogen-bond acceptors (Lipinski definition) is 5. The summed E-state index contributed by atoms with van der Waals surface area (Å²) in [6.07, 6.45) is 7.39. The van der Waals surface area contributed by atoms with Gasteiger partial charge < -0.3 is 14.6 Å². The summed E-state index contributed by atoms with van der Waals surface area (Å²) in [7, 11) is 0. The molecule has 4 rings (SSSR count). The van der Waals surface area contributed by atoms with Gasteiger partial charge >= 0.3 is 0 Å². The predicted molar refractivity (Wildman–Crippen MR) is 80.4 cm³/mol. The maximum atomic E-state index is 5.64. The van der Waals surface area contributed by atoms with Gasteiger partial charge in [0.25, 0.3) is 0 Å². The van der Waals surface area contributed by atoms with Gasteiger partial charge in [-0.15, -0.1) is 0 Å². The van der Waals surface area contributed by atoms with E-state index in [1.165, 1.54) is 12.8 Å². The van der Waals surface area contributed by atoms with Crippen molar-refractivity contribution in [3.63, 3.8) is 0 Å². The minimum absolute atomic E-state index is 0.209. The molecule has 1 saturated carbocycles. The molecule has 0 bridgehead atoms. The first-order valence-corrected chi connectivity index (χ1v) is 8.09. The first-order valence-electron chi connectivity index (χ1n) is 8.09. The molecule has 118 valence electrons. The molecule has 1 saturated heterocycles. The van der Waals surface area contributed by atoms with E-state index >= 15 is 0 Å². The molecule has 3 heterocycles. The maximum absolute atomic E-state index is 5.64. The lowest BCUT2D eigenvalue weighted by atomic mass is 10.0. The van der Waals surface area contributed by atoms with Crippen molar-refractivity contribution in [2.24, 2.45) is 0 Å². The first-order chi connectivity index (χ1) is 10.8. The summed E-state index contributed by atoms with van der Waals surface area (Å²) in [6, 6.07) is 0.903. The summed E-state index contributed by atoms with van der Waals surface area (Å²) in [5, 5.41) is 10.9. The number of nitrogens with one attached hydrogen (secondary N) is 2. The van der Waals surface area contributed by atoms with Crippen LogP contribution in [0.4, 0.5) is 0 Å². The quantitative estimate of drug-likeness (QED) is 0.837. The molecule has 7 nitrogen and oxygen atoms in total. The molecule has 2 N–H and O–H groups in total. The van der Waals surface area contributed by atoms with Crippen LogP contribution in [0.15, 0.2) is 12.4 Å². The fourth-order valence-electron chi connectivity index (χ4n) is 3.03. The van der Waals surface area contributed by atoms with Crippen molar-refractivity contribution in [1.82, 2.24) is 30.0 Å². The number of H-pyrrole nitrogens is 1. The highest BCUT2D eigenvalue weighted by atomic mass is 16.5. The van der Waals surface area contributed by atoms with Crippen molar-refractivity contribution in [3.8, 4) is 0 Å². The SMILES string of the molecule is CCc1nc([C@@H]2COC[C@@H]2NCc2nccn2C2CC2)n[nH]1. The molecule has 1 aliphatic carbocycles. The molecule has 0 aromatic carbocycles. The molecule has 1 aliphatic heterocycles. The highest BCUT2D eigenvalue weighted by Gasteiger charge is 2.33. The molecule has 2 aromatic heterocycles. The maximum Gasteiger partial charge on any atom is 0.157 e. The summed E-state index contributed by atoms with van der Waals surface area (Å²) in [4.78, 5) is 9.03. The van der Waals surface area contributed by atoms with Crippen molar-refractivity contribution in [3.05, 3.63) is 29.9 Å². The van der Waals surface area contributed by atoms with Crippen LogP contribution in [0.5, 0.6) is 0 Å². The van der Waals surface area contributed by atoms with Crippen LogP contribution in [0.2, 0.25) is 0 Å². The zero-order valence-corrected chi connectivity index (χ0v) is 12.8. The summed E-state index contributed by atoms with van der Waals surface area (Å²) in [5.74, 6) is 3.11. The Morgan fingerprint density at radius 2 is 2.32 bits per heavy atom. The van der Waals surface area contributed by atoms with Gasteiger partial charge in [0, 0.05) is 30.9 Å². The average molecular weight is 302 g/mol. The van der Waals surface area contributed by atoms with Crippen molar-refractivity contribution >= 4 is 0 Å². The number of nitrogens with zero attached hydrogens (tertiary/aromatic N) is 4. The van der Waals surface area contributed by atoms with Gasteiger partial charge in [-0.3, -0.25) is 5.10 Å². The molecule has 0 radical (unpaired) electrons. The molecule has 2 fully saturated rings. The van der Waals surface area contributed by atoms with Crippen LogP contribution in [-0.4, -0.2) is 44.0 Å². The average Bonchev–Trinajstić information content (AvgIpc) is 2.98. The van der Waals surface area contributed by atoms with Gasteiger partial charge in [-0.1, -0.05) is 6.92 Å². The van der Waals surface area contributed by atoms with Crippen molar-refractivity contribution in [1.29, 1.82) is 0 Å². The minimum atomic E-state index is 0.209. The number of aromatic amines is 1. The molecule has 0 amide bonds. The van der Waals surface area contributed by atoms with E-state index in [0.717, 1.165) is 30.4 Å². The number of rotatable bonds is 6. The van der Waals surface area contributed by atoms with Crippen LogP contribution >= 0.6 is 0 Å². The summed E-state index contributed by atoms with van der Waals surface area (Å²) in [5.41, 5.74) is 0. The van der Waals surface area contributed by atoms with Crippen molar-refractivity contribution < 1.29 is 4.74 Å². The Balaban J connectivity index is 1.41. The van der Waals surface area contributed by atoms with E-state index in [1.54, 1.807) is 0 Å². The number of aromatic nitrogens is 5. The highest BCUT2D eigenvalue weighted by molar-refractivity contribution is 5.06. The Hall–Kier alpha value is -1.73. The molecule has 0 unspecified atom stereocenters. The smallest absolute Gasteiger partial charge is 0.157 e. The van der Waals surface area contributed by atoms with Crippen LogP contribution in [0.25, 0.3) is 0 Å². The highest BCUT2D eigenvalue weighted by Crippen LogP contribution is 2.35. The zero-order valence-electron chi connectivity index (χ0n) is 12.8. The Morgan fingerprint density at radius 1 is 1.41 bits per heavy atom. The van der Waals surface area contributed by atoms with E-state index < -0.39 is 0 Å². The lowest BCUT2D eigenvalue weighted by Gasteiger charge is -2.17. The van der Waals surface area contributed by atoms with Crippen LogP contribution in [0, 0.1) is 0 Å². The van der Waals surface area contributed by atoms with Gasteiger partial charge in [-0.25, -0.2) is 9.97 Å². The number of ether oxygens (including phenoxy) is 1. The Kier molecular flexibility index (Phi) is 3.67. The molecule has 7 heteroatoms. The van der Waals surface area contributed by atoms with Gasteiger partial charge in [0.15, 0.2) is 5.82 Å². The largest absolute Gasteiger partial charge is 0.379 e. The fraction of sp³-hybridized carbons (Fsp3) is 0.667. The van der Waals surface area contributed by atoms with E-state index in [2.05, 4.69) is 43.2 Å². The van der Waals surface area contributed by atoms with E-state index in [1.807, 2.05) is 6.20 Å². The topological polar surface area (TPSA) is 80.7 Å². The van der Waals surface area contributed by atoms with Crippen LogP contribution in [0.1, 0.15) is 49.2 Å². The normalized spacial score (nSPS) is 25.0. The van der Waals surface area contributed by atoms with Gasteiger partial charge in [0.1, 0.15) is 11.6 Å². The molecule has 2 aromatic rings. The first kappa shape index (κ1) is 13.9. The van der Waals surface area contributed by atoms with Crippen molar-refractivity contribution in [2.75, 3.05) is 13.2 Å². The van der Waals surface area contributed by atoms with Gasteiger partial charge in [0.2, 0.25) is 0 Å². The standard InChI is InChI=1S/C15H22N6O/c1-2-13-18-15(20-19-13)11-8-22-9-12(11)17-7-14-16-5-6-21(14)10-3-4-10/h5-6,10-12,17H,2-4,7-9H2,1H3,(H,18,19,20)/t11-,12+/m1/s1. The molecule has 0 spiro atoms. The van der Waals surface area contributed by atoms with E-state index in [9.17, 15) is 0 Å². The van der Waals surface area contributed by atoms with Crippen LogP contribution in [-0.2, 0) is 17.7 Å². The Bertz CT molecular complexity index is 632. The van der Waals surface area contributed by atoms with E-state index in [-0.39, 0.29) is 12.0 Å². The fourth-order valence-corrected chi connectivity index (χ4v) is 3.03. The molecular weight excluding hydrogens is 280 g/mol. The molecule has 22 heavy (non-hydrogen) atoms. The number of aryl methyl sites for hydroxylation is 1. The van der Waals surface area contributed by atoms with Crippen molar-refractivity contribution in [2.45, 2.75) is 50.7 Å². The third-order valence-electron chi connectivity index (χ3n) is 4.51. The van der Waals surface area contributed by atoms with Gasteiger partial charge in [0.05, 0.1) is 25.7 Å². The van der Waals surface area contributed by atoms with Gasteiger partial charge in [-0.05, 0) is 12.8 Å². The third-order valence-corrected chi connectivity index (χ3v) is 4.51. The minimum Gasteiger partial charge on any atom is -0.379 e. The summed E-state index contributed by atoms with van der Waals surface area (Å²) >= 11 is 0. The predicted octanol–water partition coefficient (Wildman–Crippen LogP) is 1.17. The number of imidazole rings is 1. The van der Waals surface area contributed by atoms with Gasteiger partial charge in [-0.2, -0.15) is 5.10 Å². The zero-order chi connectivity index (χ0) is 14.9. The third kappa shape index (κ3) is 2.66. The van der Waals surface area contributed by atoms with Crippen LogP contribution in [0.3, 0.4) is 0 Å². The summed E-state index contributed by atoms with van der Waals surface area (Å²) < 4.78 is 7.93. The van der Waals surface area contributed by atoms with E-state index in [0.29, 0.717) is 19.3 Å². The Morgan fingerprint density at radius 3 is 3.09 bits per heavy atom. The molecule has 2 atom stereocenters. The number of hydrogen-bond donors (Lipinski definition) is 2. The lowest BCUT2D eigenvalue weighted by molar-refractivity contribution is 0.187. The van der Waals surface area contributed by atoms with E-state index in [4.69, 9.17) is 4.74 Å². The summed E-state index contributed by atoms with van der Waals surface area (Å²) in [6.45, 7) is 4.21.